The van der Waals surface area contributed by atoms with E-state index in [-0.39, 0.29) is 0 Å². The molecule has 0 bridgehead atoms. The molecule has 2 aliphatic rings. The van der Waals surface area contributed by atoms with Crippen LogP contribution < -0.4 is 31.7 Å². The van der Waals surface area contributed by atoms with Crippen LogP contribution in [-0.2, 0) is 0 Å². The van der Waals surface area contributed by atoms with E-state index in [4.69, 9.17) is 15.5 Å². The second kappa shape index (κ2) is 5.15. The standard InChI is InChI=1S/C15H18IN2O/c1-9-6-14-10(7-15(9)19-2)12(17)4-3-5-13(18-14)11-8-16-11/h4,6-7,11H,3,5,8,17H2,1-2H3/q-1. The van der Waals surface area contributed by atoms with Crippen molar-refractivity contribution in [1.29, 1.82) is 0 Å². The van der Waals surface area contributed by atoms with Gasteiger partial charge in [0.05, 0.1) is 0 Å². The van der Waals surface area contributed by atoms with Crippen LogP contribution in [0.3, 0.4) is 0 Å². The Morgan fingerprint density at radius 3 is 2.89 bits per heavy atom. The molecule has 0 radical (unpaired) electrons. The summed E-state index contributed by atoms with van der Waals surface area (Å²) in [6, 6.07) is 4.12. The first-order valence-corrected chi connectivity index (χ1v) is 9.26. The number of methoxy groups -OCH3 is 1. The van der Waals surface area contributed by atoms with Gasteiger partial charge in [-0.15, -0.1) is 0 Å². The molecule has 1 atom stereocenters. The number of aliphatic imine (C=N–C) groups is 1. The first-order chi connectivity index (χ1) is 9.19. The number of halogens is 1. The van der Waals surface area contributed by atoms with E-state index < -0.39 is 0 Å². The third-order valence-electron chi connectivity index (χ3n) is 3.52. The molecule has 1 aromatic carbocycles. The molecule has 0 aliphatic carbocycles. The Morgan fingerprint density at radius 1 is 1.42 bits per heavy atom. The summed E-state index contributed by atoms with van der Waals surface area (Å²) in [7, 11) is 1.70. The fourth-order valence-electron chi connectivity index (χ4n) is 2.36. The minimum absolute atomic E-state index is 0.401. The van der Waals surface area contributed by atoms with Crippen LogP contribution in [0, 0.1) is 6.92 Å². The van der Waals surface area contributed by atoms with Crippen LogP contribution in [0.25, 0.3) is 5.70 Å². The molecular formula is C15H18IN2O-. The van der Waals surface area contributed by atoms with Gasteiger partial charge in [0.25, 0.3) is 0 Å². The first-order valence-electron chi connectivity index (χ1n) is 6.49. The molecule has 0 amide bonds. The second-order valence-corrected chi connectivity index (χ2v) is 8.18. The van der Waals surface area contributed by atoms with E-state index in [1.54, 1.807) is 7.11 Å². The second-order valence-electron chi connectivity index (χ2n) is 4.92. The predicted molar refractivity (Wildman–Crippen MR) is 74.9 cm³/mol. The molecule has 2 N–H and O–H groups in total. The topological polar surface area (TPSA) is 47.6 Å². The number of ether oxygens (including phenoxy) is 1. The van der Waals surface area contributed by atoms with Crippen molar-refractivity contribution in [3.63, 3.8) is 0 Å². The van der Waals surface area contributed by atoms with E-state index in [1.165, 1.54) is 10.1 Å². The molecule has 1 fully saturated rings. The van der Waals surface area contributed by atoms with E-state index in [2.05, 4.69) is 19.1 Å². The zero-order valence-electron chi connectivity index (χ0n) is 11.2. The van der Waals surface area contributed by atoms with Crippen molar-refractivity contribution in [2.24, 2.45) is 10.7 Å². The Balaban J connectivity index is 2.13. The maximum atomic E-state index is 6.17. The Morgan fingerprint density at radius 2 is 2.21 bits per heavy atom. The van der Waals surface area contributed by atoms with Gasteiger partial charge in [0.2, 0.25) is 0 Å². The summed E-state index contributed by atoms with van der Waals surface area (Å²) in [6.07, 6.45) is 4.19. The Hall–Kier alpha value is -1.04. The average Bonchev–Trinajstić information content (AvgIpc) is 3.20. The number of fused-ring (bicyclic) bond motifs is 1. The third-order valence-corrected chi connectivity index (χ3v) is 6.00. The first kappa shape index (κ1) is 13.0. The summed E-state index contributed by atoms with van der Waals surface area (Å²) in [6.45, 7) is 2.05. The van der Waals surface area contributed by atoms with Gasteiger partial charge in [-0.05, 0) is 0 Å². The van der Waals surface area contributed by atoms with Crippen LogP contribution in [0.5, 0.6) is 5.75 Å². The Labute approximate surface area is 124 Å². The fraction of sp³-hybridized carbons (Fsp3) is 0.400. The molecule has 1 unspecified atom stereocenters. The fourth-order valence-corrected chi connectivity index (χ4v) is 4.08. The third kappa shape index (κ3) is 2.63. The number of nitrogens with zero attached hydrogens (tertiary/aromatic N) is 1. The van der Waals surface area contributed by atoms with Crippen molar-refractivity contribution >= 4 is 17.1 Å². The van der Waals surface area contributed by atoms with Crippen LogP contribution in [0.4, 0.5) is 5.69 Å². The molecule has 3 rings (SSSR count). The van der Waals surface area contributed by atoms with E-state index >= 15 is 0 Å². The van der Waals surface area contributed by atoms with Gasteiger partial charge >= 0.3 is 124 Å². The number of allylic oxidation sites excluding steroid dienone is 1. The molecule has 19 heavy (non-hydrogen) atoms. The average molecular weight is 369 g/mol. The molecular weight excluding hydrogens is 351 g/mol. The van der Waals surface area contributed by atoms with Gasteiger partial charge in [0.1, 0.15) is 0 Å². The number of alkyl halides is 2. The van der Waals surface area contributed by atoms with Crippen LogP contribution in [0.1, 0.15) is 24.0 Å². The zero-order valence-corrected chi connectivity index (χ0v) is 13.4. The normalized spacial score (nSPS) is 22.1. The molecule has 0 spiro atoms. The van der Waals surface area contributed by atoms with E-state index in [0.29, 0.717) is 21.2 Å². The van der Waals surface area contributed by atoms with Crippen LogP contribution in [0.2, 0.25) is 0 Å². The quantitative estimate of drug-likeness (QED) is 0.572. The molecule has 3 nitrogen and oxygen atoms in total. The summed E-state index contributed by atoms with van der Waals surface area (Å²) in [5.41, 5.74) is 11.5. The number of aryl methyl sites for hydroxylation is 1. The van der Waals surface area contributed by atoms with Gasteiger partial charge in [-0.2, -0.15) is 0 Å². The van der Waals surface area contributed by atoms with E-state index in [9.17, 15) is 0 Å². The Kier molecular flexibility index (Phi) is 3.52. The molecule has 4 heteroatoms. The van der Waals surface area contributed by atoms with Crippen molar-refractivity contribution in [2.75, 3.05) is 11.5 Å². The zero-order chi connectivity index (χ0) is 13.4. The minimum atomic E-state index is 0.401. The molecule has 0 aromatic heterocycles. The molecule has 1 aromatic rings. The van der Waals surface area contributed by atoms with E-state index in [0.717, 1.165) is 45.0 Å². The summed E-state index contributed by atoms with van der Waals surface area (Å²) in [5, 5.41) is 0. The summed E-state index contributed by atoms with van der Waals surface area (Å²) >= 11 is 0.401. The van der Waals surface area contributed by atoms with Crippen molar-refractivity contribution in [3.05, 3.63) is 29.3 Å². The number of hydrogen-bond donors (Lipinski definition) is 1. The monoisotopic (exact) mass is 369 g/mol. The predicted octanol–water partition coefficient (Wildman–Crippen LogP) is -0.359. The molecule has 102 valence electrons. The molecule has 0 saturated carbocycles. The summed E-state index contributed by atoms with van der Waals surface area (Å²) in [4.78, 5) is 4.92. The number of hydrogen-bond acceptors (Lipinski definition) is 3. The van der Waals surface area contributed by atoms with Crippen molar-refractivity contribution in [1.82, 2.24) is 0 Å². The van der Waals surface area contributed by atoms with Gasteiger partial charge in [-0.25, -0.2) is 0 Å². The summed E-state index contributed by atoms with van der Waals surface area (Å²) < 4.78 is 7.62. The number of benzene rings is 1. The van der Waals surface area contributed by atoms with Crippen molar-refractivity contribution in [2.45, 2.75) is 23.7 Å². The maximum absolute atomic E-state index is 6.17. The molecule has 2 heterocycles. The number of rotatable bonds is 2. The van der Waals surface area contributed by atoms with Crippen LogP contribution in [0.15, 0.2) is 23.2 Å². The number of nitrogens with two attached hydrogens (primary N) is 1. The van der Waals surface area contributed by atoms with Gasteiger partial charge in [0.15, 0.2) is 0 Å². The van der Waals surface area contributed by atoms with Crippen molar-refractivity contribution < 1.29 is 25.9 Å². The molecule has 1 saturated heterocycles. The Bertz CT molecular complexity index is 574. The van der Waals surface area contributed by atoms with Gasteiger partial charge < -0.3 is 0 Å². The van der Waals surface area contributed by atoms with Crippen molar-refractivity contribution in [3.8, 4) is 5.75 Å². The van der Waals surface area contributed by atoms with Gasteiger partial charge in [-0.3, -0.25) is 0 Å². The molecule has 2 aliphatic heterocycles. The van der Waals surface area contributed by atoms with Crippen LogP contribution in [-0.4, -0.2) is 21.2 Å². The SMILES string of the molecule is COc1cc2c(cc1C)N=C(C1C[I-]1)CCC=C2N. The van der Waals surface area contributed by atoms with E-state index in [1.807, 2.05) is 6.07 Å². The van der Waals surface area contributed by atoms with Crippen LogP contribution >= 0.6 is 0 Å². The van der Waals surface area contributed by atoms with Gasteiger partial charge in [-0.1, -0.05) is 0 Å². The summed E-state index contributed by atoms with van der Waals surface area (Å²) in [5.74, 6) is 0.881. The van der Waals surface area contributed by atoms with Gasteiger partial charge in [0, 0.05) is 0 Å².